The van der Waals surface area contributed by atoms with E-state index in [1.165, 1.54) is 0 Å². The lowest BCUT2D eigenvalue weighted by Gasteiger charge is -2.17. The average Bonchev–Trinajstić information content (AvgIpc) is 2.39. The first-order valence-corrected chi connectivity index (χ1v) is 6.40. The number of hydrogen-bond donors (Lipinski definition) is 1. The highest BCUT2D eigenvalue weighted by atomic mass is 16.5. The van der Waals surface area contributed by atoms with Crippen molar-refractivity contribution in [3.63, 3.8) is 0 Å². The van der Waals surface area contributed by atoms with Gasteiger partial charge in [0.05, 0.1) is 24.5 Å². The molecule has 19 heavy (non-hydrogen) atoms. The Bertz CT molecular complexity index is 420. The molecule has 0 fully saturated rings. The Kier molecular flexibility index (Phi) is 6.15. The first-order valence-electron chi connectivity index (χ1n) is 6.40. The van der Waals surface area contributed by atoms with E-state index in [-0.39, 0.29) is 6.10 Å². The van der Waals surface area contributed by atoms with Gasteiger partial charge in [0.2, 0.25) is 0 Å². The molecule has 0 saturated carbocycles. The standard InChI is InChI=1S/C14H21NO4/c1-4-17-9-10(3)19-12-8-6-7-11(13(12)15)14(16)18-5-2/h6-8,10H,4-5,9,15H2,1-3H3. The van der Waals surface area contributed by atoms with Crippen molar-refractivity contribution in [2.75, 3.05) is 25.6 Å². The predicted molar refractivity (Wildman–Crippen MR) is 73.4 cm³/mol. The van der Waals surface area contributed by atoms with Gasteiger partial charge < -0.3 is 19.9 Å². The van der Waals surface area contributed by atoms with Crippen molar-refractivity contribution in [2.45, 2.75) is 26.9 Å². The lowest BCUT2D eigenvalue weighted by Crippen LogP contribution is -2.20. The van der Waals surface area contributed by atoms with E-state index in [0.29, 0.717) is 36.8 Å². The molecule has 5 nitrogen and oxygen atoms in total. The van der Waals surface area contributed by atoms with Crippen molar-refractivity contribution in [1.29, 1.82) is 0 Å². The summed E-state index contributed by atoms with van der Waals surface area (Å²) in [4.78, 5) is 11.7. The first-order chi connectivity index (χ1) is 9.10. The summed E-state index contributed by atoms with van der Waals surface area (Å²) in [6.45, 7) is 6.96. The SMILES string of the molecule is CCOCC(C)Oc1cccc(C(=O)OCC)c1N. The third-order valence-electron chi connectivity index (χ3n) is 2.45. The van der Waals surface area contributed by atoms with Crippen LogP contribution in [-0.4, -0.2) is 31.9 Å². The molecular formula is C14H21NO4. The number of para-hydroxylation sites is 1. The third kappa shape index (κ3) is 4.44. The summed E-state index contributed by atoms with van der Waals surface area (Å²) in [6.07, 6.45) is -0.139. The molecule has 1 rings (SSSR count). The second-order valence-corrected chi connectivity index (χ2v) is 4.03. The summed E-state index contributed by atoms with van der Waals surface area (Å²) in [6, 6.07) is 5.05. The maximum Gasteiger partial charge on any atom is 0.340 e. The van der Waals surface area contributed by atoms with Crippen molar-refractivity contribution < 1.29 is 19.0 Å². The number of hydrogen-bond acceptors (Lipinski definition) is 5. The van der Waals surface area contributed by atoms with Crippen LogP contribution in [0.2, 0.25) is 0 Å². The Labute approximate surface area is 113 Å². The summed E-state index contributed by atoms with van der Waals surface area (Å²) < 4.78 is 15.9. The van der Waals surface area contributed by atoms with Crippen LogP contribution in [0.4, 0.5) is 5.69 Å². The number of carbonyl (C=O) groups is 1. The van der Waals surface area contributed by atoms with Crippen LogP contribution in [-0.2, 0) is 9.47 Å². The molecule has 2 N–H and O–H groups in total. The van der Waals surface area contributed by atoms with Crippen LogP contribution in [0.15, 0.2) is 18.2 Å². The molecule has 0 aliphatic heterocycles. The van der Waals surface area contributed by atoms with Gasteiger partial charge in [-0.3, -0.25) is 0 Å². The molecule has 1 aromatic carbocycles. The number of ether oxygens (including phenoxy) is 3. The monoisotopic (exact) mass is 267 g/mol. The Balaban J connectivity index is 2.79. The molecule has 0 aromatic heterocycles. The van der Waals surface area contributed by atoms with Gasteiger partial charge in [-0.15, -0.1) is 0 Å². The molecule has 0 saturated heterocycles. The van der Waals surface area contributed by atoms with Gasteiger partial charge >= 0.3 is 5.97 Å². The zero-order valence-electron chi connectivity index (χ0n) is 11.6. The predicted octanol–water partition coefficient (Wildman–Crippen LogP) is 2.25. The zero-order chi connectivity index (χ0) is 14.3. The maximum absolute atomic E-state index is 11.7. The molecular weight excluding hydrogens is 246 g/mol. The van der Waals surface area contributed by atoms with Gasteiger partial charge in [0.25, 0.3) is 0 Å². The molecule has 1 unspecified atom stereocenters. The summed E-state index contributed by atoms with van der Waals surface area (Å²) in [5, 5.41) is 0. The minimum Gasteiger partial charge on any atom is -0.486 e. The molecule has 0 aliphatic carbocycles. The van der Waals surface area contributed by atoms with Crippen LogP contribution in [0.25, 0.3) is 0 Å². The smallest absolute Gasteiger partial charge is 0.340 e. The lowest BCUT2D eigenvalue weighted by atomic mass is 10.1. The Hall–Kier alpha value is -1.75. The molecule has 0 amide bonds. The van der Waals surface area contributed by atoms with Crippen LogP contribution in [0.1, 0.15) is 31.1 Å². The van der Waals surface area contributed by atoms with Crippen LogP contribution < -0.4 is 10.5 Å². The van der Waals surface area contributed by atoms with Gasteiger partial charge in [-0.1, -0.05) is 6.07 Å². The van der Waals surface area contributed by atoms with Gasteiger partial charge in [0.15, 0.2) is 0 Å². The van der Waals surface area contributed by atoms with E-state index in [2.05, 4.69) is 0 Å². The van der Waals surface area contributed by atoms with Crippen LogP contribution >= 0.6 is 0 Å². The second-order valence-electron chi connectivity index (χ2n) is 4.03. The molecule has 5 heteroatoms. The molecule has 0 spiro atoms. The van der Waals surface area contributed by atoms with Crippen molar-refractivity contribution in [1.82, 2.24) is 0 Å². The van der Waals surface area contributed by atoms with E-state index >= 15 is 0 Å². The molecule has 0 bridgehead atoms. The van der Waals surface area contributed by atoms with Crippen molar-refractivity contribution in [3.8, 4) is 5.75 Å². The summed E-state index contributed by atoms with van der Waals surface area (Å²) in [5.74, 6) is 0.0284. The zero-order valence-corrected chi connectivity index (χ0v) is 11.6. The van der Waals surface area contributed by atoms with Crippen LogP contribution in [0.3, 0.4) is 0 Å². The number of benzene rings is 1. The van der Waals surface area contributed by atoms with E-state index in [1.54, 1.807) is 25.1 Å². The number of carbonyl (C=O) groups excluding carboxylic acids is 1. The van der Waals surface area contributed by atoms with Gasteiger partial charge in [0, 0.05) is 6.61 Å². The fourth-order valence-corrected chi connectivity index (χ4v) is 1.57. The Morgan fingerprint density at radius 2 is 2.05 bits per heavy atom. The van der Waals surface area contributed by atoms with Crippen molar-refractivity contribution in [3.05, 3.63) is 23.8 Å². The van der Waals surface area contributed by atoms with Crippen molar-refractivity contribution in [2.24, 2.45) is 0 Å². The van der Waals surface area contributed by atoms with E-state index in [4.69, 9.17) is 19.9 Å². The number of anilines is 1. The Morgan fingerprint density at radius 1 is 1.32 bits per heavy atom. The highest BCUT2D eigenvalue weighted by Gasteiger charge is 2.15. The van der Waals surface area contributed by atoms with Gasteiger partial charge in [-0.05, 0) is 32.9 Å². The maximum atomic E-state index is 11.7. The van der Waals surface area contributed by atoms with Gasteiger partial charge in [-0.2, -0.15) is 0 Å². The van der Waals surface area contributed by atoms with Crippen molar-refractivity contribution >= 4 is 11.7 Å². The fourth-order valence-electron chi connectivity index (χ4n) is 1.57. The fraction of sp³-hybridized carbons (Fsp3) is 0.500. The van der Waals surface area contributed by atoms with Crippen LogP contribution in [0.5, 0.6) is 5.75 Å². The van der Waals surface area contributed by atoms with E-state index in [9.17, 15) is 4.79 Å². The van der Waals surface area contributed by atoms with Gasteiger partial charge in [0.1, 0.15) is 11.9 Å². The minimum absolute atomic E-state index is 0.139. The first kappa shape index (κ1) is 15.3. The number of nitrogens with two attached hydrogens (primary N) is 1. The van der Waals surface area contributed by atoms with E-state index in [1.807, 2.05) is 13.8 Å². The highest BCUT2D eigenvalue weighted by molar-refractivity contribution is 5.96. The Morgan fingerprint density at radius 3 is 2.68 bits per heavy atom. The molecule has 1 aromatic rings. The molecule has 1 atom stereocenters. The summed E-state index contributed by atoms with van der Waals surface area (Å²) in [7, 11) is 0. The number of esters is 1. The minimum atomic E-state index is -0.442. The second kappa shape index (κ2) is 7.63. The lowest BCUT2D eigenvalue weighted by molar-refractivity contribution is 0.0525. The normalized spacial score (nSPS) is 11.9. The van der Waals surface area contributed by atoms with E-state index < -0.39 is 5.97 Å². The molecule has 0 radical (unpaired) electrons. The highest BCUT2D eigenvalue weighted by Crippen LogP contribution is 2.26. The largest absolute Gasteiger partial charge is 0.486 e. The van der Waals surface area contributed by atoms with Crippen LogP contribution in [0, 0.1) is 0 Å². The molecule has 0 aliphatic rings. The third-order valence-corrected chi connectivity index (χ3v) is 2.45. The quantitative estimate of drug-likeness (QED) is 0.606. The number of rotatable bonds is 7. The molecule has 0 heterocycles. The topological polar surface area (TPSA) is 70.8 Å². The molecule has 106 valence electrons. The summed E-state index contributed by atoms with van der Waals surface area (Å²) >= 11 is 0. The number of nitrogen functional groups attached to an aromatic ring is 1. The summed E-state index contributed by atoms with van der Waals surface area (Å²) in [5.41, 5.74) is 6.54. The average molecular weight is 267 g/mol. The van der Waals surface area contributed by atoms with Gasteiger partial charge in [-0.25, -0.2) is 4.79 Å². The van der Waals surface area contributed by atoms with E-state index in [0.717, 1.165) is 0 Å².